The zero-order chi connectivity index (χ0) is 26.4. The van der Waals surface area contributed by atoms with Gasteiger partial charge in [-0.3, -0.25) is 9.36 Å². The third-order valence-electron chi connectivity index (χ3n) is 8.37. The molecule has 0 unspecified atom stereocenters. The van der Waals surface area contributed by atoms with Gasteiger partial charge in [-0.05, 0) is 55.4 Å². The molecular weight excluding hydrogens is 491 g/mol. The molecule has 1 N–H and O–H groups in total. The van der Waals surface area contributed by atoms with Crippen LogP contribution in [0.5, 0.6) is 0 Å². The predicted molar refractivity (Wildman–Crippen MR) is 143 cm³/mol. The number of hydrogen-bond acceptors (Lipinski definition) is 4. The lowest BCUT2D eigenvalue weighted by Gasteiger charge is -2.35. The largest absolute Gasteiger partial charge is 0.416 e. The molecule has 5 nitrogen and oxygen atoms in total. The number of alkyl halides is 3. The van der Waals surface area contributed by atoms with E-state index in [2.05, 4.69) is 4.90 Å². The number of halogens is 3. The van der Waals surface area contributed by atoms with Crippen molar-refractivity contribution in [3.05, 3.63) is 82.4 Å². The number of nitrogens with zero attached hydrogens (tertiary/aromatic N) is 3. The summed E-state index contributed by atoms with van der Waals surface area (Å²) < 4.78 is 40.5. The summed E-state index contributed by atoms with van der Waals surface area (Å²) in [6, 6.07) is 15.2. The van der Waals surface area contributed by atoms with Crippen molar-refractivity contribution in [1.29, 1.82) is 0 Å². The molecule has 1 aromatic heterocycles. The predicted octanol–water partition coefficient (Wildman–Crippen LogP) is 6.43. The van der Waals surface area contributed by atoms with Crippen LogP contribution < -0.4 is 10.5 Å². The molecule has 2 aliphatic rings. The Kier molecular flexibility index (Phi) is 6.38. The van der Waals surface area contributed by atoms with Gasteiger partial charge in [0.05, 0.1) is 34.9 Å². The van der Waals surface area contributed by atoms with Crippen molar-refractivity contribution in [3.63, 3.8) is 0 Å². The quantitative estimate of drug-likeness (QED) is 0.316. The molecule has 8 heteroatoms. The van der Waals surface area contributed by atoms with Crippen molar-refractivity contribution in [3.8, 4) is 0 Å². The van der Waals surface area contributed by atoms with Gasteiger partial charge in [0.2, 0.25) is 0 Å². The molecule has 3 aromatic carbocycles. The molecule has 1 saturated carbocycles. The van der Waals surface area contributed by atoms with Crippen LogP contribution in [0.2, 0.25) is 0 Å². The minimum Gasteiger partial charge on any atom is -0.391 e. The molecule has 38 heavy (non-hydrogen) atoms. The molecule has 0 amide bonds. The number of aliphatic hydroxyl groups is 1. The van der Waals surface area contributed by atoms with E-state index in [9.17, 15) is 23.1 Å². The van der Waals surface area contributed by atoms with E-state index in [0.717, 1.165) is 67.2 Å². The van der Waals surface area contributed by atoms with Crippen LogP contribution in [-0.4, -0.2) is 33.9 Å². The van der Waals surface area contributed by atoms with E-state index in [-0.39, 0.29) is 17.5 Å². The number of aromatic nitrogens is 2. The summed E-state index contributed by atoms with van der Waals surface area (Å²) in [5, 5.41) is 13.1. The van der Waals surface area contributed by atoms with Crippen molar-refractivity contribution in [1.82, 2.24) is 9.55 Å². The van der Waals surface area contributed by atoms with Crippen molar-refractivity contribution >= 4 is 27.4 Å². The molecule has 4 aromatic rings. The van der Waals surface area contributed by atoms with Gasteiger partial charge in [0.15, 0.2) is 0 Å². The lowest BCUT2D eigenvalue weighted by atomic mass is 9.88. The van der Waals surface area contributed by atoms with E-state index in [1.54, 1.807) is 23.0 Å². The van der Waals surface area contributed by atoms with Crippen molar-refractivity contribution in [2.75, 3.05) is 18.0 Å². The molecule has 198 valence electrons. The lowest BCUT2D eigenvalue weighted by Crippen LogP contribution is -2.35. The Morgan fingerprint density at radius 1 is 0.868 bits per heavy atom. The van der Waals surface area contributed by atoms with Gasteiger partial charge >= 0.3 is 6.18 Å². The van der Waals surface area contributed by atoms with Gasteiger partial charge < -0.3 is 10.0 Å². The Labute approximate surface area is 218 Å². The first-order chi connectivity index (χ1) is 18.3. The molecule has 1 aliphatic carbocycles. The number of benzene rings is 3. The van der Waals surface area contributed by atoms with E-state index in [0.29, 0.717) is 17.3 Å². The zero-order valence-corrected chi connectivity index (χ0v) is 21.0. The third-order valence-corrected chi connectivity index (χ3v) is 8.37. The highest BCUT2D eigenvalue weighted by atomic mass is 19.4. The number of hydrogen-bond donors (Lipinski definition) is 1. The highest BCUT2D eigenvalue weighted by Crippen LogP contribution is 2.38. The van der Waals surface area contributed by atoms with Crippen LogP contribution >= 0.6 is 0 Å². The maximum absolute atomic E-state index is 13.7. The van der Waals surface area contributed by atoms with Crippen LogP contribution in [0.25, 0.3) is 21.7 Å². The molecule has 0 spiro atoms. The van der Waals surface area contributed by atoms with Crippen LogP contribution in [0.3, 0.4) is 0 Å². The maximum atomic E-state index is 13.7. The van der Waals surface area contributed by atoms with Crippen LogP contribution in [0, 0.1) is 0 Å². The van der Waals surface area contributed by atoms with E-state index >= 15 is 0 Å². The number of piperidine rings is 1. The monoisotopic (exact) mass is 521 g/mol. The number of rotatable bonds is 3. The van der Waals surface area contributed by atoms with Crippen LogP contribution in [0.1, 0.15) is 61.6 Å². The fourth-order valence-electron chi connectivity index (χ4n) is 6.27. The number of fused-ring (bicyclic) bond motifs is 3. The summed E-state index contributed by atoms with van der Waals surface area (Å²) in [5.74, 6) is 0.187. The molecule has 2 heterocycles. The zero-order valence-electron chi connectivity index (χ0n) is 21.0. The highest BCUT2D eigenvalue weighted by Gasteiger charge is 2.31. The summed E-state index contributed by atoms with van der Waals surface area (Å²) >= 11 is 0. The second-order valence-corrected chi connectivity index (χ2v) is 10.6. The summed E-state index contributed by atoms with van der Waals surface area (Å²) in [6.07, 6.45) is 1.70. The van der Waals surface area contributed by atoms with E-state index < -0.39 is 17.8 Å². The van der Waals surface area contributed by atoms with Crippen LogP contribution in [-0.2, 0) is 6.18 Å². The Bertz CT molecular complexity index is 1520. The summed E-state index contributed by atoms with van der Waals surface area (Å²) in [7, 11) is 0. The first kappa shape index (κ1) is 24.9. The standard InChI is InChI=1S/C30H30F3N3O2/c31-30(32,33)21-11-9-19(10-12-21)20-13-15-35(16-14-20)26-17-24-28(23-6-2-1-5-22(23)26)34-18-36(29(24)38)25-7-3-4-8-27(25)37/h1-2,5-6,9-12,17-18,20,25,27,37H,3-4,7-8,13-16H2/t25-,27-/m0/s1. The fourth-order valence-corrected chi connectivity index (χ4v) is 6.27. The highest BCUT2D eigenvalue weighted by molar-refractivity contribution is 6.11. The Morgan fingerprint density at radius 2 is 1.55 bits per heavy atom. The summed E-state index contributed by atoms with van der Waals surface area (Å²) in [6.45, 7) is 1.47. The van der Waals surface area contributed by atoms with Gasteiger partial charge in [-0.1, -0.05) is 49.2 Å². The van der Waals surface area contributed by atoms with E-state index in [1.807, 2.05) is 30.3 Å². The Morgan fingerprint density at radius 3 is 2.24 bits per heavy atom. The number of aliphatic hydroxyl groups excluding tert-OH is 1. The Hall–Kier alpha value is -3.39. The summed E-state index contributed by atoms with van der Waals surface area (Å²) in [4.78, 5) is 20.7. The SMILES string of the molecule is O=c1c2cc(N3CCC(c4ccc(C(F)(F)F)cc4)CC3)c3ccccc3c2ncn1[C@H]1CCCC[C@@H]1O. The maximum Gasteiger partial charge on any atom is 0.416 e. The topological polar surface area (TPSA) is 58.4 Å². The van der Waals surface area contributed by atoms with Crippen LogP contribution in [0.15, 0.2) is 65.7 Å². The second-order valence-electron chi connectivity index (χ2n) is 10.6. The first-order valence-electron chi connectivity index (χ1n) is 13.3. The average molecular weight is 522 g/mol. The molecule has 2 fully saturated rings. The minimum absolute atomic E-state index is 0.132. The second kappa shape index (κ2) is 9.73. The molecule has 1 saturated heterocycles. The molecule has 0 radical (unpaired) electrons. The summed E-state index contributed by atoms with van der Waals surface area (Å²) in [5.41, 5.74) is 1.81. The van der Waals surface area contributed by atoms with Crippen molar-refractivity contribution in [2.45, 2.75) is 62.8 Å². The molecule has 2 atom stereocenters. The smallest absolute Gasteiger partial charge is 0.391 e. The van der Waals surface area contributed by atoms with Crippen molar-refractivity contribution < 1.29 is 18.3 Å². The van der Waals surface area contributed by atoms with Gasteiger partial charge in [-0.2, -0.15) is 13.2 Å². The molecular formula is C30H30F3N3O2. The van der Waals surface area contributed by atoms with Gasteiger partial charge in [0.25, 0.3) is 5.56 Å². The van der Waals surface area contributed by atoms with E-state index in [1.165, 1.54) is 12.1 Å². The van der Waals surface area contributed by atoms with E-state index in [4.69, 9.17) is 4.98 Å². The van der Waals surface area contributed by atoms with Gasteiger partial charge in [0.1, 0.15) is 0 Å². The molecule has 1 aliphatic heterocycles. The molecule has 6 rings (SSSR count). The Balaban J connectivity index is 1.33. The normalized spacial score (nSPS) is 21.3. The van der Waals surface area contributed by atoms with Crippen molar-refractivity contribution in [2.24, 2.45) is 0 Å². The van der Waals surface area contributed by atoms with Gasteiger partial charge in [-0.15, -0.1) is 0 Å². The third kappa shape index (κ3) is 4.45. The van der Waals surface area contributed by atoms with Gasteiger partial charge in [-0.25, -0.2) is 4.98 Å². The number of anilines is 1. The minimum atomic E-state index is -4.33. The van der Waals surface area contributed by atoms with Crippen LogP contribution in [0.4, 0.5) is 18.9 Å². The average Bonchev–Trinajstić information content (AvgIpc) is 2.93. The lowest BCUT2D eigenvalue weighted by molar-refractivity contribution is -0.137. The molecule has 0 bridgehead atoms. The fraction of sp³-hybridized carbons (Fsp3) is 0.400. The van der Waals surface area contributed by atoms with Gasteiger partial charge in [0, 0.05) is 29.5 Å². The first-order valence-corrected chi connectivity index (χ1v) is 13.3.